The third kappa shape index (κ3) is 3.54. The van der Waals surface area contributed by atoms with Gasteiger partial charge >= 0.3 is 0 Å². The van der Waals surface area contributed by atoms with Crippen molar-refractivity contribution >= 4 is 35.3 Å². The summed E-state index contributed by atoms with van der Waals surface area (Å²) in [4.78, 5) is 10.9. The molecule has 82 valence electrons. The van der Waals surface area contributed by atoms with Crippen molar-refractivity contribution in [3.63, 3.8) is 0 Å². The van der Waals surface area contributed by atoms with E-state index in [1.54, 1.807) is 24.3 Å². The molecule has 4 nitrogen and oxygen atoms in total. The molecule has 1 N–H and O–H groups in total. The maximum Gasteiger partial charge on any atom is 0.254 e. The summed E-state index contributed by atoms with van der Waals surface area (Å²) in [5.74, 6) is -0.484. The van der Waals surface area contributed by atoms with Crippen molar-refractivity contribution in [2.75, 3.05) is 0 Å². The maximum absolute atomic E-state index is 10.9. The summed E-state index contributed by atoms with van der Waals surface area (Å²) in [6.45, 7) is 0. The van der Waals surface area contributed by atoms with E-state index in [0.717, 1.165) is 0 Å². The highest BCUT2D eigenvalue weighted by molar-refractivity contribution is 6.38. The van der Waals surface area contributed by atoms with Gasteiger partial charge in [0.05, 0.1) is 22.3 Å². The van der Waals surface area contributed by atoms with Gasteiger partial charge in [-0.2, -0.15) is 10.4 Å². The van der Waals surface area contributed by atoms with Crippen LogP contribution in [0.2, 0.25) is 10.0 Å². The van der Waals surface area contributed by atoms with E-state index >= 15 is 0 Å². The number of benzene rings is 1. The van der Waals surface area contributed by atoms with Gasteiger partial charge in [0.15, 0.2) is 0 Å². The van der Waals surface area contributed by atoms with E-state index < -0.39 is 5.91 Å². The summed E-state index contributed by atoms with van der Waals surface area (Å²) < 4.78 is 0. The Hall–Kier alpha value is -1.57. The van der Waals surface area contributed by atoms with Crippen LogP contribution in [0, 0.1) is 11.3 Å². The Kier molecular flexibility index (Phi) is 4.77. The molecule has 1 amide bonds. The second kappa shape index (κ2) is 6.11. The summed E-state index contributed by atoms with van der Waals surface area (Å²) in [5.41, 5.74) is 2.69. The predicted molar refractivity (Wildman–Crippen MR) is 62.4 cm³/mol. The van der Waals surface area contributed by atoms with Gasteiger partial charge in [0, 0.05) is 5.56 Å². The Balaban J connectivity index is 2.70. The second-order valence-corrected chi connectivity index (χ2v) is 3.58. The lowest BCUT2D eigenvalue weighted by Gasteiger charge is -2.00. The Labute approximate surface area is 102 Å². The number of nitrogens with zero attached hydrogens (tertiary/aromatic N) is 2. The van der Waals surface area contributed by atoms with Crippen LogP contribution in [0.25, 0.3) is 0 Å². The van der Waals surface area contributed by atoms with E-state index in [-0.39, 0.29) is 6.42 Å². The zero-order chi connectivity index (χ0) is 12.0. The smallest absolute Gasteiger partial charge is 0.254 e. The van der Waals surface area contributed by atoms with E-state index in [4.69, 9.17) is 28.5 Å². The molecule has 0 saturated heterocycles. The molecule has 1 rings (SSSR count). The molecule has 0 aliphatic rings. The number of amides is 1. The van der Waals surface area contributed by atoms with Crippen LogP contribution in [0.5, 0.6) is 0 Å². The van der Waals surface area contributed by atoms with Gasteiger partial charge in [-0.3, -0.25) is 4.79 Å². The number of halogens is 2. The Morgan fingerprint density at radius 1 is 1.50 bits per heavy atom. The van der Waals surface area contributed by atoms with Crippen LogP contribution >= 0.6 is 23.2 Å². The molecule has 0 heterocycles. The van der Waals surface area contributed by atoms with Gasteiger partial charge in [-0.25, -0.2) is 5.43 Å². The monoisotopic (exact) mass is 255 g/mol. The van der Waals surface area contributed by atoms with Gasteiger partial charge in [-0.05, 0) is 12.1 Å². The zero-order valence-electron chi connectivity index (χ0n) is 8.08. The second-order valence-electron chi connectivity index (χ2n) is 2.76. The number of hydrogen-bond donors (Lipinski definition) is 1. The van der Waals surface area contributed by atoms with Crippen LogP contribution in [0.1, 0.15) is 12.0 Å². The van der Waals surface area contributed by atoms with E-state index in [1.807, 2.05) is 0 Å². The average Bonchev–Trinajstić information content (AvgIpc) is 2.23. The summed E-state index contributed by atoms with van der Waals surface area (Å²) in [7, 11) is 0. The number of nitrogens with one attached hydrogen (secondary N) is 1. The molecule has 1 aromatic rings. The number of rotatable bonds is 3. The average molecular weight is 256 g/mol. The molecule has 0 saturated carbocycles. The fraction of sp³-hybridized carbons (Fsp3) is 0.100. The van der Waals surface area contributed by atoms with Crippen LogP contribution in [0.15, 0.2) is 23.3 Å². The number of nitriles is 1. The summed E-state index contributed by atoms with van der Waals surface area (Å²) >= 11 is 11.7. The molecule has 0 atom stereocenters. The Bertz CT molecular complexity index is 445. The van der Waals surface area contributed by atoms with E-state index in [2.05, 4.69) is 10.5 Å². The standard InChI is InChI=1S/C10H7Cl2N3O/c11-8-2-1-3-9(12)7(8)6-14-15-10(16)4-5-13/h1-3,6H,4H2,(H,15,16)/b14-6+. The third-order valence-corrected chi connectivity index (χ3v) is 2.28. The molecular formula is C10H7Cl2N3O. The molecule has 0 aliphatic carbocycles. The minimum atomic E-state index is -0.484. The van der Waals surface area contributed by atoms with E-state index in [0.29, 0.717) is 15.6 Å². The minimum Gasteiger partial charge on any atom is -0.272 e. The molecule has 0 aromatic heterocycles. The van der Waals surface area contributed by atoms with Crippen molar-refractivity contribution in [3.8, 4) is 6.07 Å². The molecule has 6 heteroatoms. The highest BCUT2D eigenvalue weighted by Gasteiger charge is 2.02. The molecule has 0 unspecified atom stereocenters. The Morgan fingerprint density at radius 2 is 2.12 bits per heavy atom. The maximum atomic E-state index is 10.9. The SMILES string of the molecule is N#CCC(=O)N/N=C/c1c(Cl)cccc1Cl. The molecule has 0 spiro atoms. The van der Waals surface area contributed by atoms with Gasteiger partial charge in [-0.15, -0.1) is 0 Å². The predicted octanol–water partition coefficient (Wildman–Crippen LogP) is 2.36. The van der Waals surface area contributed by atoms with Crippen LogP contribution in [-0.2, 0) is 4.79 Å². The number of hydrazone groups is 1. The lowest BCUT2D eigenvalue weighted by Crippen LogP contribution is -2.16. The summed E-state index contributed by atoms with van der Waals surface area (Å²) in [6, 6.07) is 6.72. The van der Waals surface area contributed by atoms with E-state index in [1.165, 1.54) is 6.21 Å². The van der Waals surface area contributed by atoms with Gasteiger partial charge in [0.25, 0.3) is 5.91 Å². The van der Waals surface area contributed by atoms with Crippen molar-refractivity contribution in [2.45, 2.75) is 6.42 Å². The van der Waals surface area contributed by atoms with E-state index in [9.17, 15) is 4.79 Å². The van der Waals surface area contributed by atoms with Gasteiger partial charge in [-0.1, -0.05) is 29.3 Å². The highest BCUT2D eigenvalue weighted by atomic mass is 35.5. The molecule has 0 fully saturated rings. The van der Waals surface area contributed by atoms with Crippen molar-refractivity contribution in [2.24, 2.45) is 5.10 Å². The van der Waals surface area contributed by atoms with Gasteiger partial charge in [0.1, 0.15) is 6.42 Å². The molecule has 0 aliphatic heterocycles. The van der Waals surface area contributed by atoms with Crippen molar-refractivity contribution in [1.29, 1.82) is 5.26 Å². The third-order valence-electron chi connectivity index (χ3n) is 1.62. The number of carbonyl (C=O) groups is 1. The highest BCUT2D eigenvalue weighted by Crippen LogP contribution is 2.21. The molecule has 1 aromatic carbocycles. The van der Waals surface area contributed by atoms with Crippen LogP contribution in [0.4, 0.5) is 0 Å². The van der Waals surface area contributed by atoms with Gasteiger partial charge in [0.2, 0.25) is 0 Å². The number of carbonyl (C=O) groups excluding carboxylic acids is 1. The fourth-order valence-electron chi connectivity index (χ4n) is 0.914. The summed E-state index contributed by atoms with van der Waals surface area (Å²) in [5, 5.41) is 12.7. The quantitative estimate of drug-likeness (QED) is 0.666. The summed E-state index contributed by atoms with van der Waals surface area (Å²) in [6.07, 6.45) is 1.09. The Morgan fingerprint density at radius 3 is 2.69 bits per heavy atom. The largest absolute Gasteiger partial charge is 0.272 e. The first-order chi connectivity index (χ1) is 7.65. The first-order valence-corrected chi connectivity index (χ1v) is 5.03. The van der Waals surface area contributed by atoms with Crippen LogP contribution < -0.4 is 5.43 Å². The topological polar surface area (TPSA) is 65.2 Å². The zero-order valence-corrected chi connectivity index (χ0v) is 9.59. The van der Waals surface area contributed by atoms with Crippen LogP contribution in [0.3, 0.4) is 0 Å². The van der Waals surface area contributed by atoms with Crippen molar-refractivity contribution in [1.82, 2.24) is 5.43 Å². The molecule has 16 heavy (non-hydrogen) atoms. The first-order valence-electron chi connectivity index (χ1n) is 4.28. The fourth-order valence-corrected chi connectivity index (χ4v) is 1.41. The number of hydrogen-bond acceptors (Lipinski definition) is 3. The van der Waals surface area contributed by atoms with Crippen molar-refractivity contribution in [3.05, 3.63) is 33.8 Å². The molecule has 0 bridgehead atoms. The lowest BCUT2D eigenvalue weighted by atomic mass is 10.2. The lowest BCUT2D eigenvalue weighted by molar-refractivity contribution is -0.120. The molecule has 0 radical (unpaired) electrons. The minimum absolute atomic E-state index is 0.242. The first kappa shape index (κ1) is 12.5. The van der Waals surface area contributed by atoms with Crippen molar-refractivity contribution < 1.29 is 4.79 Å². The van der Waals surface area contributed by atoms with Gasteiger partial charge < -0.3 is 0 Å². The molecular weight excluding hydrogens is 249 g/mol. The van der Waals surface area contributed by atoms with Crippen LogP contribution in [-0.4, -0.2) is 12.1 Å². The normalized spacial score (nSPS) is 10.1.